The average molecular weight is 427 g/mol. The van der Waals surface area contributed by atoms with Gasteiger partial charge in [-0.1, -0.05) is 18.2 Å². The lowest BCUT2D eigenvalue weighted by molar-refractivity contribution is 0.0531. The Labute approximate surface area is 176 Å². The van der Waals surface area contributed by atoms with Crippen LogP contribution in [0.3, 0.4) is 0 Å². The zero-order chi connectivity index (χ0) is 21.8. The number of ether oxygens (including phenoxy) is 2. The number of hydrogen-bond donors (Lipinski definition) is 1. The van der Waals surface area contributed by atoms with Crippen LogP contribution in [0, 0.1) is 13.8 Å². The normalized spacial score (nSPS) is 11.1. The minimum atomic E-state index is -0.612. The Morgan fingerprint density at radius 1 is 1.20 bits per heavy atom. The van der Waals surface area contributed by atoms with Crippen LogP contribution in [0.4, 0.5) is 5.00 Å². The third kappa shape index (κ3) is 3.97. The van der Waals surface area contributed by atoms with Crippen molar-refractivity contribution >= 4 is 34.5 Å². The van der Waals surface area contributed by atoms with E-state index in [4.69, 9.17) is 9.47 Å². The fourth-order valence-electron chi connectivity index (χ4n) is 2.92. The second-order valence-corrected chi connectivity index (χ2v) is 7.33. The molecule has 0 bridgehead atoms. The highest BCUT2D eigenvalue weighted by molar-refractivity contribution is 7.18. The Morgan fingerprint density at radius 2 is 1.90 bits per heavy atom. The van der Waals surface area contributed by atoms with Gasteiger partial charge in [-0.2, -0.15) is 0 Å². The number of rotatable bonds is 6. The molecule has 156 valence electrons. The molecule has 0 amide bonds. The minimum absolute atomic E-state index is 0.179. The molecule has 0 spiro atoms. The molecule has 3 rings (SSSR count). The second kappa shape index (κ2) is 8.91. The quantitative estimate of drug-likeness (QED) is 0.479. The first kappa shape index (κ1) is 21.3. The molecule has 2 heterocycles. The van der Waals surface area contributed by atoms with Crippen LogP contribution in [0.25, 0.3) is 5.69 Å². The molecule has 0 fully saturated rings. The Balaban J connectivity index is 2.05. The Kier molecular flexibility index (Phi) is 6.31. The number of H-pyrrole nitrogens is 1. The van der Waals surface area contributed by atoms with Crippen molar-refractivity contribution in [1.29, 1.82) is 0 Å². The number of carbonyl (C=O) groups excluding carboxylic acids is 2. The molecule has 0 saturated carbocycles. The Bertz CT molecular complexity index is 1170. The van der Waals surface area contributed by atoms with E-state index in [0.717, 1.165) is 11.3 Å². The number of thiophene rings is 1. The predicted molar refractivity (Wildman–Crippen MR) is 115 cm³/mol. The number of benzene rings is 1. The zero-order valence-corrected chi connectivity index (χ0v) is 17.8. The first-order chi connectivity index (χ1) is 14.4. The standard InChI is InChI=1S/C21H21N3O5S/c1-5-29-21(27)17-12(2)16(20(26)28-4)18(30-17)22-11-15-13(3)23-24(19(15)25)14-9-7-6-8-10-14/h6-11,23H,5H2,1-4H3. The maximum atomic E-state index is 12.8. The molecule has 0 atom stereocenters. The van der Waals surface area contributed by atoms with Crippen LogP contribution in [0.15, 0.2) is 40.1 Å². The van der Waals surface area contributed by atoms with Gasteiger partial charge in [0.25, 0.3) is 5.56 Å². The monoisotopic (exact) mass is 427 g/mol. The summed E-state index contributed by atoms with van der Waals surface area (Å²) in [4.78, 5) is 41.9. The van der Waals surface area contributed by atoms with Gasteiger partial charge in [-0.05, 0) is 38.5 Å². The van der Waals surface area contributed by atoms with E-state index < -0.39 is 11.9 Å². The highest BCUT2D eigenvalue weighted by Gasteiger charge is 2.26. The summed E-state index contributed by atoms with van der Waals surface area (Å²) in [5.41, 5.74) is 1.99. The van der Waals surface area contributed by atoms with Gasteiger partial charge in [-0.15, -0.1) is 11.3 Å². The number of nitrogens with zero attached hydrogens (tertiary/aromatic N) is 2. The average Bonchev–Trinajstić information content (AvgIpc) is 3.22. The van der Waals surface area contributed by atoms with E-state index in [0.29, 0.717) is 22.5 Å². The SMILES string of the molecule is CCOC(=O)c1sc(N=Cc2c(C)[nH]n(-c3ccccc3)c2=O)c(C(=O)OC)c1C. The molecule has 30 heavy (non-hydrogen) atoms. The van der Waals surface area contributed by atoms with Gasteiger partial charge in [0.2, 0.25) is 0 Å². The van der Waals surface area contributed by atoms with Gasteiger partial charge in [0.05, 0.1) is 25.0 Å². The maximum absolute atomic E-state index is 12.8. The number of aromatic amines is 1. The van der Waals surface area contributed by atoms with E-state index in [1.54, 1.807) is 20.8 Å². The molecule has 0 aliphatic heterocycles. The smallest absolute Gasteiger partial charge is 0.348 e. The molecule has 1 N–H and O–H groups in total. The Hall–Kier alpha value is -3.46. The van der Waals surface area contributed by atoms with Crippen LogP contribution >= 0.6 is 11.3 Å². The molecule has 0 saturated heterocycles. The third-order valence-corrected chi connectivity index (χ3v) is 5.60. The first-order valence-electron chi connectivity index (χ1n) is 9.18. The second-order valence-electron chi connectivity index (χ2n) is 6.33. The van der Waals surface area contributed by atoms with Crippen molar-refractivity contribution in [2.75, 3.05) is 13.7 Å². The van der Waals surface area contributed by atoms with Crippen molar-refractivity contribution in [3.8, 4) is 5.69 Å². The maximum Gasteiger partial charge on any atom is 0.348 e. The van der Waals surface area contributed by atoms with Crippen molar-refractivity contribution in [2.24, 2.45) is 4.99 Å². The summed E-state index contributed by atoms with van der Waals surface area (Å²) < 4.78 is 11.3. The number of para-hydroxylation sites is 1. The number of aromatic nitrogens is 2. The zero-order valence-electron chi connectivity index (χ0n) is 17.0. The third-order valence-electron chi connectivity index (χ3n) is 4.42. The number of aliphatic imine (C=N–C) groups is 1. The molecular formula is C21H21N3O5S. The summed E-state index contributed by atoms with van der Waals surface area (Å²) in [6.07, 6.45) is 1.39. The predicted octanol–water partition coefficient (Wildman–Crippen LogP) is 3.56. The van der Waals surface area contributed by atoms with Gasteiger partial charge in [0.1, 0.15) is 15.4 Å². The van der Waals surface area contributed by atoms with Crippen LogP contribution in [0.1, 0.15) is 43.8 Å². The molecule has 0 aliphatic rings. The van der Waals surface area contributed by atoms with E-state index in [1.807, 2.05) is 30.3 Å². The molecule has 0 aliphatic carbocycles. The minimum Gasteiger partial charge on any atom is -0.465 e. The van der Waals surface area contributed by atoms with Crippen LogP contribution in [-0.2, 0) is 9.47 Å². The fraction of sp³-hybridized carbons (Fsp3) is 0.238. The van der Waals surface area contributed by atoms with Gasteiger partial charge >= 0.3 is 11.9 Å². The Morgan fingerprint density at radius 3 is 2.53 bits per heavy atom. The van der Waals surface area contributed by atoms with Crippen LogP contribution < -0.4 is 5.56 Å². The topological polar surface area (TPSA) is 103 Å². The lowest BCUT2D eigenvalue weighted by atomic mass is 10.1. The van der Waals surface area contributed by atoms with Crippen molar-refractivity contribution < 1.29 is 19.1 Å². The van der Waals surface area contributed by atoms with Gasteiger partial charge < -0.3 is 9.47 Å². The molecule has 3 aromatic rings. The summed E-state index contributed by atoms with van der Waals surface area (Å²) in [7, 11) is 1.26. The largest absolute Gasteiger partial charge is 0.465 e. The van der Waals surface area contributed by atoms with E-state index in [9.17, 15) is 14.4 Å². The molecule has 2 aromatic heterocycles. The van der Waals surface area contributed by atoms with Crippen LogP contribution in [0.2, 0.25) is 0 Å². The molecule has 1 aromatic carbocycles. The number of nitrogens with one attached hydrogen (secondary N) is 1. The molecule has 8 nitrogen and oxygen atoms in total. The highest BCUT2D eigenvalue weighted by Crippen LogP contribution is 2.36. The van der Waals surface area contributed by atoms with Crippen LogP contribution in [-0.4, -0.2) is 41.7 Å². The highest BCUT2D eigenvalue weighted by atomic mass is 32.1. The van der Waals surface area contributed by atoms with Crippen molar-refractivity contribution in [2.45, 2.75) is 20.8 Å². The van der Waals surface area contributed by atoms with E-state index >= 15 is 0 Å². The van der Waals surface area contributed by atoms with Crippen molar-refractivity contribution in [3.05, 3.63) is 67.9 Å². The van der Waals surface area contributed by atoms with Gasteiger partial charge in [-0.25, -0.2) is 19.3 Å². The number of esters is 2. The summed E-state index contributed by atoms with van der Waals surface area (Å²) in [6, 6.07) is 9.14. The van der Waals surface area contributed by atoms with Gasteiger partial charge in [-0.3, -0.25) is 9.89 Å². The summed E-state index contributed by atoms with van der Waals surface area (Å²) in [5, 5.41) is 3.29. The summed E-state index contributed by atoms with van der Waals surface area (Å²) >= 11 is 1.02. The van der Waals surface area contributed by atoms with Crippen LogP contribution in [0.5, 0.6) is 0 Å². The fourth-order valence-corrected chi connectivity index (χ4v) is 3.95. The number of hydrogen-bond acceptors (Lipinski definition) is 7. The van der Waals surface area contributed by atoms with Gasteiger partial charge in [0, 0.05) is 11.9 Å². The molecule has 9 heteroatoms. The summed E-state index contributed by atoms with van der Waals surface area (Å²) in [5.74, 6) is -1.14. The molecule has 0 unspecified atom stereocenters. The first-order valence-corrected chi connectivity index (χ1v) is 10.0. The van der Waals surface area contributed by atoms with Crippen molar-refractivity contribution in [3.63, 3.8) is 0 Å². The number of methoxy groups -OCH3 is 1. The lowest BCUT2D eigenvalue weighted by Gasteiger charge is -2.01. The number of aryl methyl sites for hydroxylation is 1. The molecule has 0 radical (unpaired) electrons. The van der Waals surface area contributed by atoms with E-state index in [2.05, 4.69) is 10.1 Å². The molecular weight excluding hydrogens is 406 g/mol. The van der Waals surface area contributed by atoms with E-state index in [-0.39, 0.29) is 27.6 Å². The number of carbonyl (C=O) groups is 2. The lowest BCUT2D eigenvalue weighted by Crippen LogP contribution is -2.17. The van der Waals surface area contributed by atoms with E-state index in [1.165, 1.54) is 18.0 Å². The van der Waals surface area contributed by atoms with Crippen molar-refractivity contribution in [1.82, 2.24) is 9.78 Å². The summed E-state index contributed by atoms with van der Waals surface area (Å²) in [6.45, 7) is 5.31. The van der Waals surface area contributed by atoms with Gasteiger partial charge in [0.15, 0.2) is 0 Å².